The van der Waals surface area contributed by atoms with Crippen LogP contribution in [0, 0.1) is 13.8 Å². The minimum Gasteiger partial charge on any atom is -0.314 e. The molecule has 150 valence electrons. The number of aryl methyl sites for hydroxylation is 2. The molecule has 0 aliphatic heterocycles. The van der Waals surface area contributed by atoms with Crippen LogP contribution in [0.4, 0.5) is 5.69 Å². The third-order valence-corrected chi connectivity index (χ3v) is 6.09. The first kappa shape index (κ1) is 20.1. The molecule has 8 nitrogen and oxygen atoms in total. The van der Waals surface area contributed by atoms with Crippen LogP contribution in [0.15, 0.2) is 35.5 Å². The van der Waals surface area contributed by atoms with E-state index in [2.05, 4.69) is 20.0 Å². The van der Waals surface area contributed by atoms with Crippen molar-refractivity contribution in [3.63, 3.8) is 0 Å². The molecule has 3 rings (SSSR count). The highest BCUT2D eigenvalue weighted by molar-refractivity contribution is 7.92. The normalized spacial score (nSPS) is 12.4. The molecule has 0 radical (unpaired) electrons. The fourth-order valence-electron chi connectivity index (χ4n) is 3.31. The van der Waals surface area contributed by atoms with Crippen molar-refractivity contribution in [1.29, 1.82) is 0 Å². The van der Waals surface area contributed by atoms with Gasteiger partial charge in [0.1, 0.15) is 11.2 Å². The van der Waals surface area contributed by atoms with Crippen molar-refractivity contribution in [3.05, 3.63) is 42.0 Å². The molecule has 1 N–H and O–H groups in total. The minimum absolute atomic E-state index is 0.213. The number of hydrogen-bond acceptors (Lipinski definition) is 5. The quantitative estimate of drug-likeness (QED) is 0.706. The first-order valence-corrected chi connectivity index (χ1v) is 10.6. The van der Waals surface area contributed by atoms with Crippen molar-refractivity contribution in [1.82, 2.24) is 24.5 Å². The second kappa shape index (κ2) is 7.05. The maximum Gasteiger partial charge on any atom is 0.265 e. The molecule has 1 aromatic carbocycles. The van der Waals surface area contributed by atoms with E-state index in [1.165, 1.54) is 0 Å². The van der Waals surface area contributed by atoms with Crippen LogP contribution < -0.4 is 4.72 Å². The Bertz CT molecular complexity index is 1110. The Labute approximate surface area is 165 Å². The smallest absolute Gasteiger partial charge is 0.265 e. The number of anilines is 1. The van der Waals surface area contributed by atoms with Crippen molar-refractivity contribution in [3.8, 4) is 11.4 Å². The van der Waals surface area contributed by atoms with Crippen LogP contribution in [0.5, 0.6) is 0 Å². The van der Waals surface area contributed by atoms with Crippen LogP contribution in [-0.4, -0.2) is 33.0 Å². The fourth-order valence-corrected chi connectivity index (χ4v) is 4.75. The van der Waals surface area contributed by atoms with E-state index >= 15 is 0 Å². The molecule has 2 aromatic heterocycles. The van der Waals surface area contributed by atoms with Crippen molar-refractivity contribution in [2.75, 3.05) is 4.72 Å². The van der Waals surface area contributed by atoms with Crippen molar-refractivity contribution >= 4 is 15.7 Å². The third kappa shape index (κ3) is 3.66. The summed E-state index contributed by atoms with van der Waals surface area (Å²) in [6.07, 6.45) is 1.65. The molecular formula is C19H26N6O2S. The van der Waals surface area contributed by atoms with Crippen LogP contribution in [0.25, 0.3) is 11.4 Å². The SMILES string of the molecule is CCn1cnnc1-c1cccc(NS(=O)(=O)c2c(C)nn(C(C)(C)C)c2C)c1. The molecule has 0 atom stereocenters. The van der Waals surface area contributed by atoms with Gasteiger partial charge in [-0.05, 0) is 53.7 Å². The fraction of sp³-hybridized carbons (Fsp3) is 0.421. The zero-order valence-electron chi connectivity index (χ0n) is 17.1. The maximum absolute atomic E-state index is 13.1. The molecule has 0 saturated heterocycles. The molecule has 0 amide bonds. The van der Waals surface area contributed by atoms with Gasteiger partial charge in [0.2, 0.25) is 0 Å². The largest absolute Gasteiger partial charge is 0.314 e. The summed E-state index contributed by atoms with van der Waals surface area (Å²) in [4.78, 5) is 0.213. The molecule has 0 bridgehead atoms. The van der Waals surface area contributed by atoms with Gasteiger partial charge in [-0.15, -0.1) is 10.2 Å². The van der Waals surface area contributed by atoms with Crippen LogP contribution in [0.2, 0.25) is 0 Å². The van der Waals surface area contributed by atoms with Crippen molar-refractivity contribution < 1.29 is 8.42 Å². The third-order valence-electron chi connectivity index (χ3n) is 4.46. The predicted octanol–water partition coefficient (Wildman–Crippen LogP) is 3.33. The Balaban J connectivity index is 1.99. The van der Waals surface area contributed by atoms with Gasteiger partial charge in [0, 0.05) is 17.8 Å². The van der Waals surface area contributed by atoms with Crippen LogP contribution in [0.3, 0.4) is 0 Å². The van der Waals surface area contributed by atoms with Crippen molar-refractivity contribution in [2.24, 2.45) is 0 Å². The second-order valence-corrected chi connectivity index (χ2v) is 9.33. The number of aromatic nitrogens is 5. The van der Waals surface area contributed by atoms with Gasteiger partial charge in [0.05, 0.1) is 16.9 Å². The first-order chi connectivity index (χ1) is 13.0. The zero-order chi connectivity index (χ0) is 20.7. The highest BCUT2D eigenvalue weighted by atomic mass is 32.2. The van der Waals surface area contributed by atoms with E-state index in [-0.39, 0.29) is 10.4 Å². The van der Waals surface area contributed by atoms with Crippen LogP contribution in [-0.2, 0) is 22.1 Å². The summed E-state index contributed by atoms with van der Waals surface area (Å²) in [5.74, 6) is 0.691. The molecular weight excluding hydrogens is 376 g/mol. The van der Waals surface area contributed by atoms with Gasteiger partial charge in [-0.25, -0.2) is 8.42 Å². The number of rotatable bonds is 5. The molecule has 0 aliphatic rings. The van der Waals surface area contributed by atoms with Gasteiger partial charge in [-0.3, -0.25) is 9.40 Å². The number of sulfonamides is 1. The van der Waals surface area contributed by atoms with Gasteiger partial charge < -0.3 is 4.57 Å². The summed E-state index contributed by atoms with van der Waals surface area (Å²) in [6, 6.07) is 7.14. The molecule has 3 aromatic rings. The lowest BCUT2D eigenvalue weighted by atomic mass is 10.1. The number of nitrogens with zero attached hydrogens (tertiary/aromatic N) is 5. The number of benzene rings is 1. The van der Waals surface area contributed by atoms with E-state index in [1.807, 2.05) is 38.3 Å². The molecule has 0 fully saturated rings. The predicted molar refractivity (Wildman–Crippen MR) is 109 cm³/mol. The molecule has 0 spiro atoms. The van der Waals surface area contributed by atoms with Gasteiger partial charge in [0.25, 0.3) is 10.0 Å². The van der Waals surface area contributed by atoms with Gasteiger partial charge in [0.15, 0.2) is 5.82 Å². The molecule has 9 heteroatoms. The Hall–Kier alpha value is -2.68. The second-order valence-electron chi connectivity index (χ2n) is 7.71. The van der Waals surface area contributed by atoms with Gasteiger partial charge >= 0.3 is 0 Å². The Morgan fingerprint density at radius 3 is 2.50 bits per heavy atom. The Kier molecular flexibility index (Phi) is 5.05. The summed E-state index contributed by atoms with van der Waals surface area (Å²) in [5.41, 5.74) is 2.03. The summed E-state index contributed by atoms with van der Waals surface area (Å²) in [7, 11) is -3.79. The van der Waals surface area contributed by atoms with E-state index in [0.717, 1.165) is 12.1 Å². The van der Waals surface area contributed by atoms with E-state index in [0.29, 0.717) is 22.9 Å². The lowest BCUT2D eigenvalue weighted by molar-refractivity contribution is 0.345. The first-order valence-electron chi connectivity index (χ1n) is 9.12. The number of hydrogen-bond donors (Lipinski definition) is 1. The highest BCUT2D eigenvalue weighted by Crippen LogP contribution is 2.28. The zero-order valence-corrected chi connectivity index (χ0v) is 17.9. The monoisotopic (exact) mass is 402 g/mol. The summed E-state index contributed by atoms with van der Waals surface area (Å²) in [6.45, 7) is 12.2. The lowest BCUT2D eigenvalue weighted by Gasteiger charge is -2.21. The Morgan fingerprint density at radius 2 is 1.89 bits per heavy atom. The lowest BCUT2D eigenvalue weighted by Crippen LogP contribution is -2.25. The highest BCUT2D eigenvalue weighted by Gasteiger charge is 2.28. The Morgan fingerprint density at radius 1 is 1.18 bits per heavy atom. The molecule has 28 heavy (non-hydrogen) atoms. The molecule has 0 saturated carbocycles. The molecule has 0 aliphatic carbocycles. The number of nitrogens with one attached hydrogen (secondary N) is 1. The molecule has 2 heterocycles. The van der Waals surface area contributed by atoms with E-state index < -0.39 is 10.0 Å². The van der Waals surface area contributed by atoms with Crippen LogP contribution >= 0.6 is 0 Å². The van der Waals surface area contributed by atoms with E-state index in [4.69, 9.17) is 0 Å². The maximum atomic E-state index is 13.1. The standard InChI is InChI=1S/C19H26N6O2S/c1-7-24-12-20-21-18(24)15-9-8-10-16(11-15)23-28(26,27)17-13(2)22-25(14(17)3)19(4,5)6/h8-12,23H,7H2,1-6H3. The molecule has 0 unspecified atom stereocenters. The van der Waals surface area contributed by atoms with E-state index in [1.54, 1.807) is 43.1 Å². The average Bonchev–Trinajstić information content (AvgIpc) is 3.18. The summed E-state index contributed by atoms with van der Waals surface area (Å²) in [5, 5.41) is 12.5. The van der Waals surface area contributed by atoms with Gasteiger partial charge in [-0.2, -0.15) is 5.10 Å². The summed E-state index contributed by atoms with van der Waals surface area (Å²) < 4.78 is 32.5. The average molecular weight is 403 g/mol. The van der Waals surface area contributed by atoms with Crippen LogP contribution in [0.1, 0.15) is 39.1 Å². The summed E-state index contributed by atoms with van der Waals surface area (Å²) >= 11 is 0. The van der Waals surface area contributed by atoms with E-state index in [9.17, 15) is 8.42 Å². The topological polar surface area (TPSA) is 94.7 Å². The van der Waals surface area contributed by atoms with Crippen molar-refractivity contribution in [2.45, 2.75) is 58.5 Å². The van der Waals surface area contributed by atoms with Gasteiger partial charge in [-0.1, -0.05) is 12.1 Å². The minimum atomic E-state index is -3.79.